The quantitative estimate of drug-likeness (QED) is 0.649. The van der Waals surface area contributed by atoms with Crippen molar-refractivity contribution in [1.29, 1.82) is 5.41 Å². The van der Waals surface area contributed by atoms with Crippen LogP contribution in [0.25, 0.3) is 0 Å². The lowest BCUT2D eigenvalue weighted by Gasteiger charge is -2.18. The maximum absolute atomic E-state index is 7.75. The summed E-state index contributed by atoms with van der Waals surface area (Å²) < 4.78 is 5.59. The average molecular weight is 254 g/mol. The highest BCUT2D eigenvalue weighted by atomic mass is 16.5. The summed E-state index contributed by atoms with van der Waals surface area (Å²) in [6.07, 6.45) is -0.139. The van der Waals surface area contributed by atoms with Gasteiger partial charge in [0.2, 0.25) is 0 Å². The van der Waals surface area contributed by atoms with E-state index in [1.165, 1.54) is 0 Å². The first-order chi connectivity index (χ1) is 9.13. The molecule has 0 bridgehead atoms. The Balaban J connectivity index is 2.45. The predicted octanol–water partition coefficient (Wildman–Crippen LogP) is 3.39. The molecule has 2 aromatic rings. The second-order valence-corrected chi connectivity index (χ2v) is 4.50. The first-order valence-electron chi connectivity index (χ1n) is 6.16. The predicted molar refractivity (Wildman–Crippen MR) is 78.7 cm³/mol. The minimum atomic E-state index is -0.139. The first-order valence-corrected chi connectivity index (χ1v) is 6.16. The van der Waals surface area contributed by atoms with Crippen molar-refractivity contribution in [1.82, 2.24) is 0 Å². The van der Waals surface area contributed by atoms with Crippen LogP contribution in [-0.2, 0) is 4.74 Å². The molecule has 3 N–H and O–H groups in total. The van der Waals surface area contributed by atoms with E-state index in [0.717, 1.165) is 16.7 Å². The zero-order valence-corrected chi connectivity index (χ0v) is 11.2. The molecular formula is C16H18N2O. The van der Waals surface area contributed by atoms with Crippen molar-refractivity contribution in [2.45, 2.75) is 13.0 Å². The third kappa shape index (κ3) is 2.83. The van der Waals surface area contributed by atoms with Gasteiger partial charge in [-0.25, -0.2) is 0 Å². The summed E-state index contributed by atoms with van der Waals surface area (Å²) >= 11 is 0. The van der Waals surface area contributed by atoms with Gasteiger partial charge in [-0.05, 0) is 30.2 Å². The number of rotatable bonds is 4. The molecule has 2 aromatic carbocycles. The summed E-state index contributed by atoms with van der Waals surface area (Å²) in [6, 6.07) is 15.7. The summed E-state index contributed by atoms with van der Waals surface area (Å²) in [5, 5.41) is 7.75. The van der Waals surface area contributed by atoms with Gasteiger partial charge in [-0.1, -0.05) is 36.4 Å². The lowest BCUT2D eigenvalue weighted by atomic mass is 9.97. The van der Waals surface area contributed by atoms with E-state index < -0.39 is 0 Å². The normalized spacial score (nSPS) is 12.1. The molecular weight excluding hydrogens is 236 g/mol. The summed E-state index contributed by atoms with van der Waals surface area (Å²) in [4.78, 5) is 0. The number of anilines is 1. The molecule has 0 radical (unpaired) electrons. The van der Waals surface area contributed by atoms with Gasteiger partial charge >= 0.3 is 0 Å². The molecule has 0 amide bonds. The number of nitrogens with two attached hydrogens (primary N) is 1. The van der Waals surface area contributed by atoms with Crippen molar-refractivity contribution >= 4 is 11.4 Å². The van der Waals surface area contributed by atoms with Crippen LogP contribution in [0.1, 0.15) is 29.7 Å². The Morgan fingerprint density at radius 2 is 1.79 bits per heavy atom. The average Bonchev–Trinajstić information content (AvgIpc) is 2.42. The molecule has 1 unspecified atom stereocenters. The van der Waals surface area contributed by atoms with Gasteiger partial charge in [0.1, 0.15) is 6.10 Å². The Morgan fingerprint density at radius 1 is 1.11 bits per heavy atom. The molecule has 0 saturated carbocycles. The van der Waals surface area contributed by atoms with Gasteiger partial charge in [-0.15, -0.1) is 0 Å². The van der Waals surface area contributed by atoms with Gasteiger partial charge < -0.3 is 15.9 Å². The van der Waals surface area contributed by atoms with Crippen LogP contribution in [0, 0.1) is 5.41 Å². The lowest BCUT2D eigenvalue weighted by Crippen LogP contribution is -2.07. The molecule has 0 fully saturated rings. The molecule has 0 aliphatic heterocycles. The van der Waals surface area contributed by atoms with Gasteiger partial charge in [0.15, 0.2) is 0 Å². The molecule has 0 spiro atoms. The molecule has 2 rings (SSSR count). The number of nitrogens with one attached hydrogen (secondary N) is 1. The third-order valence-electron chi connectivity index (χ3n) is 3.12. The van der Waals surface area contributed by atoms with Crippen LogP contribution >= 0.6 is 0 Å². The molecule has 3 nitrogen and oxygen atoms in total. The molecule has 0 heterocycles. The zero-order valence-electron chi connectivity index (χ0n) is 11.2. The van der Waals surface area contributed by atoms with E-state index >= 15 is 0 Å². The second kappa shape index (κ2) is 5.67. The first kappa shape index (κ1) is 13.3. The van der Waals surface area contributed by atoms with Gasteiger partial charge in [0.05, 0.1) is 0 Å². The van der Waals surface area contributed by atoms with Gasteiger partial charge in [-0.3, -0.25) is 0 Å². The maximum Gasteiger partial charge on any atom is 0.107 e. The van der Waals surface area contributed by atoms with Gasteiger partial charge in [0, 0.05) is 24.1 Å². The minimum Gasteiger partial charge on any atom is -0.398 e. The topological polar surface area (TPSA) is 59.1 Å². The Kier molecular flexibility index (Phi) is 3.97. The summed E-state index contributed by atoms with van der Waals surface area (Å²) in [7, 11) is 1.69. The fourth-order valence-corrected chi connectivity index (χ4v) is 2.15. The molecule has 1 atom stereocenters. The third-order valence-corrected chi connectivity index (χ3v) is 3.12. The lowest BCUT2D eigenvalue weighted by molar-refractivity contribution is 0.136. The van der Waals surface area contributed by atoms with Crippen LogP contribution in [0.5, 0.6) is 0 Å². The van der Waals surface area contributed by atoms with Crippen molar-refractivity contribution in [2.24, 2.45) is 0 Å². The maximum atomic E-state index is 7.75. The van der Waals surface area contributed by atoms with E-state index in [1.54, 1.807) is 14.0 Å². The highest BCUT2D eigenvalue weighted by Crippen LogP contribution is 2.27. The SMILES string of the molecule is COC(c1ccccc1)c1ccc(N)c(C(C)=N)c1. The van der Waals surface area contributed by atoms with Crippen molar-refractivity contribution < 1.29 is 4.74 Å². The molecule has 3 heteroatoms. The standard InChI is InChI=1S/C16H18N2O/c1-11(17)14-10-13(8-9-15(14)18)16(19-2)12-6-4-3-5-7-12/h3-10,16-17H,18H2,1-2H3. The van der Waals surface area contributed by atoms with E-state index in [4.69, 9.17) is 15.9 Å². The van der Waals surface area contributed by atoms with Crippen LogP contribution < -0.4 is 5.73 Å². The van der Waals surface area contributed by atoms with E-state index in [-0.39, 0.29) is 6.10 Å². The second-order valence-electron chi connectivity index (χ2n) is 4.50. The Labute approximate surface area is 113 Å². The molecule has 0 aromatic heterocycles. The number of nitrogen functional groups attached to an aromatic ring is 1. The Bertz CT molecular complexity index is 579. The fourth-order valence-electron chi connectivity index (χ4n) is 2.15. The highest BCUT2D eigenvalue weighted by molar-refractivity contribution is 6.01. The van der Waals surface area contributed by atoms with E-state index in [2.05, 4.69) is 0 Å². The molecule has 19 heavy (non-hydrogen) atoms. The fraction of sp³-hybridized carbons (Fsp3) is 0.188. The highest BCUT2D eigenvalue weighted by Gasteiger charge is 2.14. The smallest absolute Gasteiger partial charge is 0.107 e. The molecule has 0 aliphatic rings. The Morgan fingerprint density at radius 3 is 2.37 bits per heavy atom. The summed E-state index contributed by atoms with van der Waals surface area (Å²) in [5.41, 5.74) is 9.82. The molecule has 98 valence electrons. The van der Waals surface area contributed by atoms with E-state index in [1.807, 2.05) is 48.5 Å². The van der Waals surface area contributed by atoms with Crippen LogP contribution in [-0.4, -0.2) is 12.8 Å². The van der Waals surface area contributed by atoms with Crippen molar-refractivity contribution in [2.75, 3.05) is 12.8 Å². The van der Waals surface area contributed by atoms with Crippen molar-refractivity contribution in [3.8, 4) is 0 Å². The molecule has 0 saturated heterocycles. The zero-order chi connectivity index (χ0) is 13.8. The van der Waals surface area contributed by atoms with Gasteiger partial charge in [-0.2, -0.15) is 0 Å². The van der Waals surface area contributed by atoms with Crippen molar-refractivity contribution in [3.63, 3.8) is 0 Å². The largest absolute Gasteiger partial charge is 0.398 e. The van der Waals surface area contributed by atoms with Crippen LogP contribution in [0.2, 0.25) is 0 Å². The number of benzene rings is 2. The van der Waals surface area contributed by atoms with Crippen LogP contribution in [0.4, 0.5) is 5.69 Å². The summed E-state index contributed by atoms with van der Waals surface area (Å²) in [6.45, 7) is 1.74. The Hall–Kier alpha value is -2.13. The van der Waals surface area contributed by atoms with E-state index in [9.17, 15) is 0 Å². The monoisotopic (exact) mass is 254 g/mol. The minimum absolute atomic E-state index is 0.139. The van der Waals surface area contributed by atoms with Crippen LogP contribution in [0.15, 0.2) is 48.5 Å². The van der Waals surface area contributed by atoms with Crippen molar-refractivity contribution in [3.05, 3.63) is 65.2 Å². The van der Waals surface area contributed by atoms with Gasteiger partial charge in [0.25, 0.3) is 0 Å². The molecule has 0 aliphatic carbocycles. The van der Waals surface area contributed by atoms with E-state index in [0.29, 0.717) is 11.4 Å². The van der Waals surface area contributed by atoms with Crippen LogP contribution in [0.3, 0.4) is 0 Å². The number of hydrogen-bond acceptors (Lipinski definition) is 3. The number of ether oxygens (including phenoxy) is 1. The number of methoxy groups -OCH3 is 1. The summed E-state index contributed by atoms with van der Waals surface area (Å²) in [5.74, 6) is 0. The number of hydrogen-bond donors (Lipinski definition) is 2.